The van der Waals surface area contributed by atoms with E-state index >= 15 is 0 Å². The fourth-order valence-corrected chi connectivity index (χ4v) is 5.14. The molecular weight excluding hydrogens is 582 g/mol. The Hall–Kier alpha value is -4.56. The molecule has 0 fully saturated rings. The number of benzene rings is 3. The monoisotopic (exact) mass is 617 g/mol. The molecule has 1 aromatic heterocycles. The summed E-state index contributed by atoms with van der Waals surface area (Å²) in [6.07, 6.45) is 7.68. The minimum Gasteiger partial charge on any atom is -0.494 e. The van der Waals surface area contributed by atoms with Gasteiger partial charge in [0.15, 0.2) is 5.78 Å². The van der Waals surface area contributed by atoms with Crippen LogP contribution in [0.1, 0.15) is 65.2 Å². The third-order valence-corrected chi connectivity index (χ3v) is 7.60. The molecule has 0 atom stereocenters. The molecule has 230 valence electrons. The molecule has 0 bridgehead atoms. The van der Waals surface area contributed by atoms with Gasteiger partial charge in [-0.1, -0.05) is 48.0 Å². The first kappa shape index (κ1) is 32.4. The summed E-state index contributed by atoms with van der Waals surface area (Å²) in [6.45, 7) is 4.84. The van der Waals surface area contributed by atoms with E-state index < -0.39 is 11.9 Å². The van der Waals surface area contributed by atoms with Crippen molar-refractivity contribution in [2.24, 2.45) is 0 Å². The second-order valence-electron chi connectivity index (χ2n) is 10.6. The fraction of sp³-hybridized carbons (Fsp3) is 0.286. The maximum absolute atomic E-state index is 11.9. The lowest BCUT2D eigenvalue weighted by molar-refractivity contribution is -0.137. The van der Waals surface area contributed by atoms with Crippen molar-refractivity contribution in [1.82, 2.24) is 4.57 Å². The Balaban J connectivity index is 1.33. The number of aliphatic carboxylic acids is 2. The van der Waals surface area contributed by atoms with Crippen LogP contribution >= 0.6 is 11.6 Å². The van der Waals surface area contributed by atoms with E-state index in [9.17, 15) is 19.5 Å². The van der Waals surface area contributed by atoms with Crippen LogP contribution in [0.25, 0.3) is 23.1 Å². The van der Waals surface area contributed by atoms with Gasteiger partial charge in [-0.25, -0.2) is 0 Å². The standard InChI is InChI=1S/C35H36ClNO7/c1-23-19-32(29(24(2)38)21-30(23)36)44-18-4-3-17-43-28-14-11-25(12-15-28)10-13-26-7-5-8-31-35(26)27(20-34(41)42)22-37(31)16-6-9-33(39)40/h5,7-8,10-15,19,21-22H,3-4,6,9,16-18,20H2,1-2H3,(H,39,40)(H,41,42). The zero-order valence-corrected chi connectivity index (χ0v) is 25.6. The van der Waals surface area contributed by atoms with Gasteiger partial charge < -0.3 is 24.3 Å². The van der Waals surface area contributed by atoms with Crippen molar-refractivity contribution in [3.8, 4) is 11.5 Å². The maximum Gasteiger partial charge on any atom is 0.307 e. The van der Waals surface area contributed by atoms with E-state index in [1.807, 2.05) is 72.3 Å². The highest BCUT2D eigenvalue weighted by molar-refractivity contribution is 6.31. The van der Waals surface area contributed by atoms with Gasteiger partial charge in [0.2, 0.25) is 0 Å². The molecule has 0 amide bonds. The molecule has 0 saturated carbocycles. The summed E-state index contributed by atoms with van der Waals surface area (Å²) in [4.78, 5) is 34.4. The van der Waals surface area contributed by atoms with Gasteiger partial charge in [0, 0.05) is 35.1 Å². The number of fused-ring (bicyclic) bond motifs is 1. The van der Waals surface area contributed by atoms with Crippen molar-refractivity contribution in [3.63, 3.8) is 0 Å². The molecule has 0 spiro atoms. The number of aromatic nitrogens is 1. The van der Waals surface area contributed by atoms with Crippen molar-refractivity contribution in [3.05, 3.63) is 93.6 Å². The number of carbonyl (C=O) groups excluding carboxylic acids is 1. The molecular formula is C35H36ClNO7. The molecule has 0 aliphatic carbocycles. The molecule has 0 aliphatic heterocycles. The zero-order chi connectivity index (χ0) is 31.6. The summed E-state index contributed by atoms with van der Waals surface area (Å²) in [5, 5.41) is 19.9. The molecule has 9 heteroatoms. The number of nitrogens with zero attached hydrogens (tertiary/aromatic N) is 1. The van der Waals surface area contributed by atoms with Crippen molar-refractivity contribution >= 4 is 52.4 Å². The number of hydrogen-bond acceptors (Lipinski definition) is 5. The summed E-state index contributed by atoms with van der Waals surface area (Å²) >= 11 is 6.15. The predicted octanol–water partition coefficient (Wildman–Crippen LogP) is 7.71. The van der Waals surface area contributed by atoms with Crippen molar-refractivity contribution in [2.75, 3.05) is 13.2 Å². The molecule has 4 rings (SSSR count). The van der Waals surface area contributed by atoms with E-state index in [0.717, 1.165) is 46.2 Å². The molecule has 0 unspecified atom stereocenters. The maximum atomic E-state index is 11.9. The second-order valence-corrected chi connectivity index (χ2v) is 11.0. The highest BCUT2D eigenvalue weighted by atomic mass is 35.5. The summed E-state index contributed by atoms with van der Waals surface area (Å²) in [6, 6.07) is 17.0. The van der Waals surface area contributed by atoms with Gasteiger partial charge in [-0.15, -0.1) is 0 Å². The van der Waals surface area contributed by atoms with E-state index in [1.165, 1.54) is 6.92 Å². The Morgan fingerprint density at radius 1 is 0.909 bits per heavy atom. The van der Waals surface area contributed by atoms with Gasteiger partial charge in [0.1, 0.15) is 11.5 Å². The average Bonchev–Trinajstić information content (AvgIpc) is 3.32. The van der Waals surface area contributed by atoms with Crippen LogP contribution in [-0.4, -0.2) is 45.7 Å². The van der Waals surface area contributed by atoms with E-state index in [1.54, 1.807) is 12.1 Å². The number of aryl methyl sites for hydroxylation is 2. The first-order valence-electron chi connectivity index (χ1n) is 14.5. The van der Waals surface area contributed by atoms with Gasteiger partial charge in [0.05, 0.1) is 25.2 Å². The number of Topliss-reactive ketones (excluding diaryl/α,β-unsaturated/α-hetero) is 1. The molecule has 3 aromatic carbocycles. The number of rotatable bonds is 16. The first-order chi connectivity index (χ1) is 21.1. The molecule has 1 heterocycles. The Morgan fingerprint density at radius 3 is 2.32 bits per heavy atom. The topological polar surface area (TPSA) is 115 Å². The number of carboxylic acids is 2. The third kappa shape index (κ3) is 8.74. The first-order valence-corrected chi connectivity index (χ1v) is 14.9. The predicted molar refractivity (Wildman–Crippen MR) is 172 cm³/mol. The molecule has 0 aliphatic rings. The minimum absolute atomic E-state index is 0.0503. The van der Waals surface area contributed by atoms with Crippen LogP contribution in [0.15, 0.2) is 60.8 Å². The van der Waals surface area contributed by atoms with Gasteiger partial charge in [0.25, 0.3) is 0 Å². The highest BCUT2D eigenvalue weighted by Crippen LogP contribution is 2.29. The Kier molecular flexibility index (Phi) is 11.2. The van der Waals surface area contributed by atoms with Crippen LogP contribution in [0.3, 0.4) is 0 Å². The molecule has 0 saturated heterocycles. The second kappa shape index (κ2) is 15.3. The van der Waals surface area contributed by atoms with E-state index in [2.05, 4.69) is 0 Å². The van der Waals surface area contributed by atoms with Crippen molar-refractivity contribution in [1.29, 1.82) is 0 Å². The van der Waals surface area contributed by atoms with Gasteiger partial charge in [-0.3, -0.25) is 14.4 Å². The Morgan fingerprint density at radius 2 is 1.64 bits per heavy atom. The molecule has 0 radical (unpaired) electrons. The van der Waals surface area contributed by atoms with Crippen molar-refractivity contribution in [2.45, 2.75) is 52.5 Å². The molecule has 44 heavy (non-hydrogen) atoms. The Bertz CT molecular complexity index is 1670. The third-order valence-electron chi connectivity index (χ3n) is 7.19. The van der Waals surface area contributed by atoms with Crippen LogP contribution in [0.2, 0.25) is 5.02 Å². The fourth-order valence-electron chi connectivity index (χ4n) is 4.98. The molecule has 8 nitrogen and oxygen atoms in total. The largest absolute Gasteiger partial charge is 0.494 e. The van der Waals surface area contributed by atoms with Gasteiger partial charge in [-0.05, 0) is 85.7 Å². The number of ketones is 1. The van der Waals surface area contributed by atoms with Crippen molar-refractivity contribution < 1.29 is 34.1 Å². The summed E-state index contributed by atoms with van der Waals surface area (Å²) in [5.41, 5.74) is 4.77. The SMILES string of the molecule is CC(=O)c1cc(Cl)c(C)cc1OCCCCOc1ccc(C=Cc2cccc3c2c(CC(=O)O)cn3CCCC(=O)O)cc1. The number of ether oxygens (including phenoxy) is 2. The summed E-state index contributed by atoms with van der Waals surface area (Å²) in [7, 11) is 0. The lowest BCUT2D eigenvalue weighted by Gasteiger charge is -2.12. The number of halogens is 1. The number of unbranched alkanes of at least 4 members (excludes halogenated alkanes) is 1. The van der Waals surface area contributed by atoms with Gasteiger partial charge >= 0.3 is 11.9 Å². The highest BCUT2D eigenvalue weighted by Gasteiger charge is 2.15. The average molecular weight is 618 g/mol. The molecule has 4 aromatic rings. The van der Waals surface area contributed by atoms with Crippen LogP contribution in [0, 0.1) is 6.92 Å². The van der Waals surface area contributed by atoms with Crippen LogP contribution < -0.4 is 9.47 Å². The number of carboxylic acid groups (broad SMARTS) is 2. The number of carbonyl (C=O) groups is 3. The van der Waals surface area contributed by atoms with E-state index in [-0.39, 0.29) is 18.6 Å². The summed E-state index contributed by atoms with van der Waals surface area (Å²) in [5.74, 6) is -0.568. The summed E-state index contributed by atoms with van der Waals surface area (Å²) < 4.78 is 13.7. The van der Waals surface area contributed by atoms with Crippen LogP contribution in [0.5, 0.6) is 11.5 Å². The normalized spacial score (nSPS) is 11.2. The van der Waals surface area contributed by atoms with Gasteiger partial charge in [-0.2, -0.15) is 0 Å². The lowest BCUT2D eigenvalue weighted by Crippen LogP contribution is -2.06. The smallest absolute Gasteiger partial charge is 0.307 e. The number of hydrogen-bond donors (Lipinski definition) is 2. The zero-order valence-electron chi connectivity index (χ0n) is 24.8. The molecule has 2 N–H and O–H groups in total. The van der Waals surface area contributed by atoms with E-state index in [4.69, 9.17) is 26.2 Å². The Labute approximate surface area is 261 Å². The van der Waals surface area contributed by atoms with E-state index in [0.29, 0.717) is 48.1 Å². The van der Waals surface area contributed by atoms with Crippen LogP contribution in [-0.2, 0) is 22.6 Å². The quantitative estimate of drug-likeness (QED) is 0.0751. The lowest BCUT2D eigenvalue weighted by atomic mass is 10.0. The minimum atomic E-state index is -0.921. The van der Waals surface area contributed by atoms with Crippen LogP contribution in [0.4, 0.5) is 0 Å².